The first kappa shape index (κ1) is 21.2. The lowest BCUT2D eigenvalue weighted by Crippen LogP contribution is -1.94. The first-order valence-corrected chi connectivity index (χ1v) is 12.9. The molecule has 0 bridgehead atoms. The molecule has 38 heavy (non-hydrogen) atoms. The van der Waals surface area contributed by atoms with E-state index in [1.807, 2.05) is 36.7 Å². The molecule has 0 saturated carbocycles. The van der Waals surface area contributed by atoms with E-state index < -0.39 is 0 Å². The van der Waals surface area contributed by atoms with Crippen molar-refractivity contribution >= 4 is 54.1 Å². The summed E-state index contributed by atoms with van der Waals surface area (Å²) in [4.78, 5) is 9.19. The molecule has 0 N–H and O–H groups in total. The molecule has 0 saturated heterocycles. The molecular weight excluding hydrogens is 464 g/mol. The highest BCUT2D eigenvalue weighted by Gasteiger charge is 2.16. The fraction of sp³-hybridized carbons (Fsp3) is 0.0588. The molecule has 0 aliphatic heterocycles. The number of aryl methyl sites for hydroxylation is 2. The molecule has 0 atom stereocenters. The van der Waals surface area contributed by atoms with Crippen LogP contribution in [0.1, 0.15) is 0 Å². The Hall–Kier alpha value is -4.96. The predicted molar refractivity (Wildman–Crippen MR) is 158 cm³/mol. The van der Waals surface area contributed by atoms with Gasteiger partial charge in [0.25, 0.3) is 0 Å². The van der Waals surface area contributed by atoms with Gasteiger partial charge in [-0.15, -0.1) is 0 Å². The van der Waals surface area contributed by atoms with Gasteiger partial charge in [-0.2, -0.15) is 0 Å². The lowest BCUT2D eigenvalue weighted by Gasteiger charge is -2.12. The Morgan fingerprint density at radius 2 is 0.842 bits per heavy atom. The molecule has 4 aromatic heterocycles. The average Bonchev–Trinajstić information content (AvgIpc) is 3.50. The molecular formula is C34H24N4. The van der Waals surface area contributed by atoms with Crippen molar-refractivity contribution in [1.29, 1.82) is 0 Å². The molecule has 0 unspecified atom stereocenters. The maximum Gasteiger partial charge on any atom is 0.0866 e. The Bertz CT molecular complexity index is 2030. The van der Waals surface area contributed by atoms with Crippen molar-refractivity contribution in [2.75, 3.05) is 0 Å². The van der Waals surface area contributed by atoms with Gasteiger partial charge in [-0.3, -0.25) is 9.97 Å². The second-order valence-electron chi connectivity index (χ2n) is 10.0. The number of nitrogens with zero attached hydrogens (tertiary/aromatic N) is 4. The molecule has 4 heteroatoms. The molecule has 0 aliphatic rings. The van der Waals surface area contributed by atoms with E-state index in [0.29, 0.717) is 0 Å². The lowest BCUT2D eigenvalue weighted by molar-refractivity contribution is 0.974. The summed E-state index contributed by atoms with van der Waals surface area (Å²) in [5.41, 5.74) is 6.71. The molecule has 0 radical (unpaired) electrons. The first-order chi connectivity index (χ1) is 18.7. The fourth-order valence-electron chi connectivity index (χ4n) is 6.27. The highest BCUT2D eigenvalue weighted by molar-refractivity contribution is 6.24. The number of hydrogen-bond donors (Lipinski definition) is 0. The monoisotopic (exact) mass is 488 g/mol. The number of rotatable bonds is 2. The Labute approximate surface area is 219 Å². The van der Waals surface area contributed by atoms with Crippen molar-refractivity contribution in [3.63, 3.8) is 0 Å². The van der Waals surface area contributed by atoms with E-state index in [0.717, 1.165) is 22.8 Å². The van der Waals surface area contributed by atoms with Gasteiger partial charge in [-0.1, -0.05) is 60.7 Å². The minimum atomic E-state index is 0.989. The van der Waals surface area contributed by atoms with E-state index in [1.54, 1.807) is 0 Å². The smallest absolute Gasteiger partial charge is 0.0866 e. The van der Waals surface area contributed by atoms with Crippen LogP contribution in [0.25, 0.3) is 76.9 Å². The summed E-state index contributed by atoms with van der Waals surface area (Å²) in [6.07, 6.45) is 3.71. The molecule has 0 spiro atoms. The number of pyridine rings is 2. The number of hydrogen-bond acceptors (Lipinski definition) is 2. The van der Waals surface area contributed by atoms with Gasteiger partial charge in [0.2, 0.25) is 0 Å². The first-order valence-electron chi connectivity index (χ1n) is 12.9. The van der Waals surface area contributed by atoms with E-state index in [-0.39, 0.29) is 0 Å². The van der Waals surface area contributed by atoms with Crippen molar-refractivity contribution in [3.8, 4) is 22.8 Å². The van der Waals surface area contributed by atoms with Crippen molar-refractivity contribution < 1.29 is 0 Å². The van der Waals surface area contributed by atoms with Gasteiger partial charge in [0.05, 0.1) is 33.8 Å². The average molecular weight is 489 g/mol. The largest absolute Gasteiger partial charge is 0.342 e. The summed E-state index contributed by atoms with van der Waals surface area (Å²) in [7, 11) is 4.28. The topological polar surface area (TPSA) is 35.6 Å². The van der Waals surface area contributed by atoms with Crippen LogP contribution in [-0.4, -0.2) is 19.1 Å². The van der Waals surface area contributed by atoms with Crippen molar-refractivity contribution in [3.05, 3.63) is 109 Å². The maximum atomic E-state index is 4.60. The Morgan fingerprint density at radius 3 is 1.26 bits per heavy atom. The zero-order valence-electron chi connectivity index (χ0n) is 21.2. The molecule has 8 rings (SSSR count). The SMILES string of the molecule is Cn1c(-c2ccccn2)cc2ccc3c4ccc5c(ccc6cc(-c7ccccn7)n(C)c65)c4ccc3c21. The van der Waals surface area contributed by atoms with Crippen LogP contribution in [0, 0.1) is 0 Å². The highest BCUT2D eigenvalue weighted by atomic mass is 15.0. The molecule has 0 fully saturated rings. The van der Waals surface area contributed by atoms with Gasteiger partial charge in [-0.05, 0) is 57.9 Å². The number of benzene rings is 4. The van der Waals surface area contributed by atoms with Gasteiger partial charge >= 0.3 is 0 Å². The molecule has 4 aromatic carbocycles. The summed E-state index contributed by atoms with van der Waals surface area (Å²) in [5, 5.41) is 10.1. The third kappa shape index (κ3) is 2.86. The van der Waals surface area contributed by atoms with Crippen LogP contribution in [0.5, 0.6) is 0 Å². The summed E-state index contributed by atoms with van der Waals surface area (Å²) < 4.78 is 4.55. The molecule has 4 heterocycles. The third-order valence-corrected chi connectivity index (χ3v) is 8.03. The standard InChI is InChI=1S/C34H24N4/c1-37-31(29-7-3-5-17-35-29)19-21-9-11-25-23-14-16-28-26(24(23)13-15-27(25)33(21)37)12-10-22-20-32(38(2)34(22)28)30-8-4-6-18-36-30/h3-20H,1-2H3. The van der Waals surface area contributed by atoms with E-state index in [1.165, 1.54) is 54.1 Å². The summed E-state index contributed by atoms with van der Waals surface area (Å²) >= 11 is 0. The molecule has 180 valence electrons. The zero-order chi connectivity index (χ0) is 25.4. The minimum Gasteiger partial charge on any atom is -0.342 e. The van der Waals surface area contributed by atoms with E-state index >= 15 is 0 Å². The van der Waals surface area contributed by atoms with Crippen LogP contribution in [0.15, 0.2) is 109 Å². The van der Waals surface area contributed by atoms with Crippen molar-refractivity contribution in [1.82, 2.24) is 19.1 Å². The second kappa shape index (κ2) is 7.77. The molecule has 0 aliphatic carbocycles. The fourth-order valence-corrected chi connectivity index (χ4v) is 6.27. The number of aromatic nitrogens is 4. The van der Waals surface area contributed by atoms with E-state index in [9.17, 15) is 0 Å². The highest BCUT2D eigenvalue weighted by Crippen LogP contribution is 2.39. The van der Waals surface area contributed by atoms with Crippen LogP contribution in [-0.2, 0) is 14.1 Å². The van der Waals surface area contributed by atoms with Crippen molar-refractivity contribution in [2.24, 2.45) is 14.1 Å². The molecule has 4 nitrogen and oxygen atoms in total. The van der Waals surface area contributed by atoms with Gasteiger partial charge in [-0.25, -0.2) is 0 Å². The van der Waals surface area contributed by atoms with E-state index in [2.05, 4.69) is 106 Å². The lowest BCUT2D eigenvalue weighted by atomic mass is 9.95. The minimum absolute atomic E-state index is 0.989. The van der Waals surface area contributed by atoms with Crippen molar-refractivity contribution in [2.45, 2.75) is 0 Å². The normalized spacial score (nSPS) is 11.9. The van der Waals surface area contributed by atoms with Crippen LogP contribution in [0.2, 0.25) is 0 Å². The predicted octanol–water partition coefficient (Wildman–Crippen LogP) is 8.25. The van der Waals surface area contributed by atoms with Gasteiger partial charge < -0.3 is 9.13 Å². The molecule has 8 aromatic rings. The summed E-state index contributed by atoms with van der Waals surface area (Å²) in [5.74, 6) is 0. The van der Waals surface area contributed by atoms with Crippen LogP contribution < -0.4 is 0 Å². The Balaban J connectivity index is 1.39. The Kier molecular flexibility index (Phi) is 4.32. The van der Waals surface area contributed by atoms with Crippen LogP contribution in [0.3, 0.4) is 0 Å². The molecule has 0 amide bonds. The third-order valence-electron chi connectivity index (χ3n) is 8.03. The Morgan fingerprint density at radius 1 is 0.447 bits per heavy atom. The maximum absolute atomic E-state index is 4.60. The van der Waals surface area contributed by atoms with Crippen LogP contribution in [0.4, 0.5) is 0 Å². The number of fused-ring (bicyclic) bond motifs is 9. The quantitative estimate of drug-likeness (QED) is 0.230. The van der Waals surface area contributed by atoms with E-state index in [4.69, 9.17) is 0 Å². The second-order valence-corrected chi connectivity index (χ2v) is 10.0. The van der Waals surface area contributed by atoms with Gasteiger partial charge in [0.15, 0.2) is 0 Å². The van der Waals surface area contributed by atoms with Gasteiger partial charge in [0, 0.05) is 48.0 Å². The zero-order valence-corrected chi connectivity index (χ0v) is 21.2. The summed E-state index contributed by atoms with van der Waals surface area (Å²) in [6, 6.07) is 34.8. The van der Waals surface area contributed by atoms with Gasteiger partial charge in [0.1, 0.15) is 0 Å². The van der Waals surface area contributed by atoms with Crippen LogP contribution >= 0.6 is 0 Å². The summed E-state index contributed by atoms with van der Waals surface area (Å²) in [6.45, 7) is 0.